The Balaban J connectivity index is 1.68. The van der Waals surface area contributed by atoms with Gasteiger partial charge in [0.05, 0.1) is 24.8 Å². The summed E-state index contributed by atoms with van der Waals surface area (Å²) in [5, 5.41) is 17.7. The molecule has 4 N–H and O–H groups in total. The Hall–Kier alpha value is -5.10. The van der Waals surface area contributed by atoms with Gasteiger partial charge in [-0.3, -0.25) is 4.79 Å². The molecule has 4 aromatic rings. The number of nitrogens with one attached hydrogen (secondary N) is 3. The molecule has 46 heavy (non-hydrogen) atoms. The van der Waals surface area contributed by atoms with Gasteiger partial charge < -0.3 is 30.5 Å². The number of anilines is 2. The lowest BCUT2D eigenvalue weighted by atomic mass is 9.99. The minimum absolute atomic E-state index is 0.0266. The van der Waals surface area contributed by atoms with Gasteiger partial charge in [0.1, 0.15) is 23.4 Å². The first-order chi connectivity index (χ1) is 21.7. The number of rotatable bonds is 9. The highest BCUT2D eigenvalue weighted by atomic mass is 19.4. The van der Waals surface area contributed by atoms with Crippen molar-refractivity contribution < 1.29 is 41.7 Å². The van der Waals surface area contributed by atoms with Gasteiger partial charge in [-0.15, -0.1) is 0 Å². The Morgan fingerprint density at radius 2 is 1.35 bits per heavy atom. The number of methoxy groups -OCH3 is 1. The first-order valence-corrected chi connectivity index (χ1v) is 14.1. The van der Waals surface area contributed by atoms with E-state index in [0.717, 1.165) is 12.1 Å². The highest BCUT2D eigenvalue weighted by Crippen LogP contribution is 2.35. The van der Waals surface area contributed by atoms with E-state index in [2.05, 4.69) is 16.0 Å². The van der Waals surface area contributed by atoms with Crippen molar-refractivity contribution in [2.75, 3.05) is 17.7 Å². The zero-order chi connectivity index (χ0) is 33.6. The highest BCUT2D eigenvalue weighted by Gasteiger charge is 2.31. The van der Waals surface area contributed by atoms with Crippen LogP contribution in [-0.4, -0.2) is 29.7 Å². The van der Waals surface area contributed by atoms with Crippen molar-refractivity contribution in [1.82, 2.24) is 5.32 Å². The average molecular weight is 640 g/mol. The topological polar surface area (TPSA) is 109 Å². The summed E-state index contributed by atoms with van der Waals surface area (Å²) in [6.45, 7) is 5.03. The van der Waals surface area contributed by atoms with Crippen LogP contribution in [0.3, 0.4) is 0 Å². The standard InChI is InChI=1S/C34H33F4N3O5/c1-33(2,3)41-31(43)27-18-26(40-32(44)39-25-13-15-28(45-4)22(17-25)19-42)14-16-29(27)46-30(21-7-11-24(35)12-8-21)20-5-9-23(10-6-20)34(36,37)38/h5-18,30,42H,19H2,1-4H3,(H,41,43)(H2,39,40,44). The number of ether oxygens (including phenoxy) is 2. The fourth-order valence-electron chi connectivity index (χ4n) is 4.51. The monoisotopic (exact) mass is 639 g/mol. The Labute approximate surface area is 263 Å². The molecule has 0 saturated carbocycles. The second-order valence-electron chi connectivity index (χ2n) is 11.3. The average Bonchev–Trinajstić information content (AvgIpc) is 2.99. The molecule has 1 atom stereocenters. The number of halogens is 4. The number of urea groups is 1. The largest absolute Gasteiger partial charge is 0.496 e. The number of amides is 3. The lowest BCUT2D eigenvalue weighted by Crippen LogP contribution is -2.40. The summed E-state index contributed by atoms with van der Waals surface area (Å²) in [4.78, 5) is 26.3. The molecule has 0 saturated heterocycles. The van der Waals surface area contributed by atoms with Crippen LogP contribution in [0.1, 0.15) is 59.5 Å². The SMILES string of the molecule is COc1ccc(NC(=O)Nc2ccc(OC(c3ccc(F)cc3)c3ccc(C(F)(F)F)cc3)c(C(=O)NC(C)(C)C)c2)cc1CO. The van der Waals surface area contributed by atoms with E-state index in [-0.39, 0.29) is 23.6 Å². The predicted molar refractivity (Wildman–Crippen MR) is 166 cm³/mol. The zero-order valence-corrected chi connectivity index (χ0v) is 25.5. The van der Waals surface area contributed by atoms with Crippen molar-refractivity contribution in [3.05, 3.63) is 119 Å². The normalized spacial score (nSPS) is 12.2. The first-order valence-electron chi connectivity index (χ1n) is 14.1. The molecule has 0 fully saturated rings. The third-order valence-corrected chi connectivity index (χ3v) is 6.64. The third kappa shape index (κ3) is 8.75. The molecule has 242 valence electrons. The Bertz CT molecular complexity index is 1690. The van der Waals surface area contributed by atoms with Crippen molar-refractivity contribution in [2.45, 2.75) is 45.2 Å². The van der Waals surface area contributed by atoms with Gasteiger partial charge in [-0.05, 0) is 92.6 Å². The summed E-state index contributed by atoms with van der Waals surface area (Å²) >= 11 is 0. The zero-order valence-electron chi connectivity index (χ0n) is 25.5. The molecule has 12 heteroatoms. The predicted octanol–water partition coefficient (Wildman–Crippen LogP) is 7.69. The van der Waals surface area contributed by atoms with Gasteiger partial charge in [-0.2, -0.15) is 13.2 Å². The minimum atomic E-state index is -4.55. The van der Waals surface area contributed by atoms with Crippen LogP contribution in [0.4, 0.5) is 33.7 Å². The summed E-state index contributed by atoms with van der Waals surface area (Å²) in [6, 6.07) is 18.1. The molecule has 0 spiro atoms. The van der Waals surface area contributed by atoms with E-state index in [1.165, 1.54) is 61.7 Å². The van der Waals surface area contributed by atoms with Gasteiger partial charge in [0.15, 0.2) is 0 Å². The smallest absolute Gasteiger partial charge is 0.416 e. The molecule has 8 nitrogen and oxygen atoms in total. The molecule has 0 bridgehead atoms. The second kappa shape index (κ2) is 13.9. The fraction of sp³-hybridized carbons (Fsp3) is 0.235. The molecule has 0 aliphatic heterocycles. The van der Waals surface area contributed by atoms with Crippen LogP contribution in [0.25, 0.3) is 0 Å². The van der Waals surface area contributed by atoms with Gasteiger partial charge in [0, 0.05) is 22.5 Å². The van der Waals surface area contributed by atoms with Gasteiger partial charge >= 0.3 is 12.2 Å². The number of hydrogen-bond donors (Lipinski definition) is 4. The quantitative estimate of drug-likeness (QED) is 0.141. The number of aliphatic hydroxyl groups is 1. The summed E-state index contributed by atoms with van der Waals surface area (Å²) in [5.41, 5.74) is 0.342. The molecular formula is C34H33F4N3O5. The van der Waals surface area contributed by atoms with E-state index in [0.29, 0.717) is 28.1 Å². The van der Waals surface area contributed by atoms with Crippen molar-refractivity contribution in [2.24, 2.45) is 0 Å². The van der Waals surface area contributed by atoms with Crippen LogP contribution < -0.4 is 25.4 Å². The van der Waals surface area contributed by atoms with E-state index in [1.807, 2.05) is 0 Å². The highest BCUT2D eigenvalue weighted by molar-refractivity contribution is 6.02. The molecule has 0 aliphatic rings. The lowest BCUT2D eigenvalue weighted by Gasteiger charge is -2.25. The van der Waals surface area contributed by atoms with E-state index in [9.17, 15) is 32.3 Å². The molecule has 0 aliphatic carbocycles. The molecule has 1 unspecified atom stereocenters. The summed E-state index contributed by atoms with van der Waals surface area (Å²) < 4.78 is 65.0. The first kappa shape index (κ1) is 33.8. The number of carbonyl (C=O) groups is 2. The van der Waals surface area contributed by atoms with Crippen LogP contribution in [0.5, 0.6) is 11.5 Å². The van der Waals surface area contributed by atoms with Gasteiger partial charge in [-0.1, -0.05) is 24.3 Å². The van der Waals surface area contributed by atoms with Gasteiger partial charge in [0.25, 0.3) is 5.91 Å². The second-order valence-corrected chi connectivity index (χ2v) is 11.3. The van der Waals surface area contributed by atoms with E-state index >= 15 is 0 Å². The maximum atomic E-state index is 13.8. The van der Waals surface area contributed by atoms with Crippen LogP contribution in [0.2, 0.25) is 0 Å². The molecule has 0 aromatic heterocycles. The van der Waals surface area contributed by atoms with Crippen LogP contribution in [0.15, 0.2) is 84.9 Å². The lowest BCUT2D eigenvalue weighted by molar-refractivity contribution is -0.137. The summed E-state index contributed by atoms with van der Waals surface area (Å²) in [6.07, 6.45) is -5.57. The minimum Gasteiger partial charge on any atom is -0.496 e. The maximum Gasteiger partial charge on any atom is 0.416 e. The number of hydrogen-bond acceptors (Lipinski definition) is 5. The molecular weight excluding hydrogens is 606 g/mol. The molecule has 0 heterocycles. The van der Waals surface area contributed by atoms with Crippen molar-refractivity contribution in [1.29, 1.82) is 0 Å². The van der Waals surface area contributed by atoms with Gasteiger partial charge in [-0.25, -0.2) is 9.18 Å². The summed E-state index contributed by atoms with van der Waals surface area (Å²) in [7, 11) is 1.46. The summed E-state index contributed by atoms with van der Waals surface area (Å²) in [5.74, 6) is -0.547. The third-order valence-electron chi connectivity index (χ3n) is 6.64. The number of carbonyl (C=O) groups excluding carboxylic acids is 2. The van der Waals surface area contributed by atoms with Gasteiger partial charge in [0.2, 0.25) is 0 Å². The molecule has 4 aromatic carbocycles. The van der Waals surface area contributed by atoms with Crippen molar-refractivity contribution >= 4 is 23.3 Å². The van der Waals surface area contributed by atoms with Crippen LogP contribution in [0, 0.1) is 5.82 Å². The number of alkyl halides is 3. The van der Waals surface area contributed by atoms with Crippen molar-refractivity contribution in [3.63, 3.8) is 0 Å². The van der Waals surface area contributed by atoms with E-state index < -0.39 is 41.1 Å². The fourth-order valence-corrected chi connectivity index (χ4v) is 4.51. The Morgan fingerprint density at radius 1 is 0.804 bits per heavy atom. The molecule has 4 rings (SSSR count). The van der Waals surface area contributed by atoms with E-state index in [1.54, 1.807) is 39.0 Å². The number of benzene rings is 4. The van der Waals surface area contributed by atoms with Crippen molar-refractivity contribution in [3.8, 4) is 11.5 Å². The van der Waals surface area contributed by atoms with Crippen LogP contribution >= 0.6 is 0 Å². The number of aliphatic hydroxyl groups excluding tert-OH is 1. The maximum absolute atomic E-state index is 13.8. The Kier molecular flexibility index (Phi) is 10.2. The Morgan fingerprint density at radius 3 is 1.87 bits per heavy atom. The van der Waals surface area contributed by atoms with Crippen LogP contribution in [-0.2, 0) is 12.8 Å². The molecule has 0 radical (unpaired) electrons. The molecule has 3 amide bonds. The van der Waals surface area contributed by atoms with E-state index in [4.69, 9.17) is 9.47 Å².